The van der Waals surface area contributed by atoms with E-state index in [1.807, 2.05) is 6.92 Å². The Morgan fingerprint density at radius 1 is 0.642 bits per heavy atom. The number of carbonyl (C=O) groups excluding carboxylic acids is 2. The molecule has 0 spiro atoms. The van der Waals surface area contributed by atoms with Gasteiger partial charge in [0.25, 0.3) is 0 Å². The predicted molar refractivity (Wildman–Crippen MR) is 201 cm³/mol. The maximum Gasteiger partial charge on any atom is 0.339 e. The van der Waals surface area contributed by atoms with E-state index in [1.54, 1.807) is 24.3 Å². The molecule has 0 radical (unpaired) electrons. The number of ether oxygens (including phenoxy) is 2. The van der Waals surface area contributed by atoms with Gasteiger partial charge in [-0.05, 0) is 122 Å². The van der Waals surface area contributed by atoms with E-state index in [0.717, 1.165) is 44.9 Å². The number of esters is 2. The van der Waals surface area contributed by atoms with Crippen LogP contribution >= 0.6 is 0 Å². The van der Waals surface area contributed by atoms with Crippen LogP contribution in [0, 0.1) is 38.9 Å². The van der Waals surface area contributed by atoms with Crippen LogP contribution < -0.4 is 0 Å². The molecule has 0 aliphatic heterocycles. The Hall–Kier alpha value is -4.20. The summed E-state index contributed by atoms with van der Waals surface area (Å²) in [5.74, 6) is -2.98. The molecule has 0 aromatic heterocycles. The highest BCUT2D eigenvalue weighted by molar-refractivity contribution is 6.03. The van der Waals surface area contributed by atoms with Gasteiger partial charge in [0.2, 0.25) is 0 Å². The van der Waals surface area contributed by atoms with Crippen LogP contribution in [0.4, 0.5) is 0 Å². The molecule has 282 valence electrons. The Morgan fingerprint density at radius 3 is 1.81 bits per heavy atom. The van der Waals surface area contributed by atoms with Gasteiger partial charge in [0.05, 0.1) is 22.3 Å². The molecule has 0 amide bonds. The van der Waals surface area contributed by atoms with Gasteiger partial charge >= 0.3 is 23.9 Å². The highest BCUT2D eigenvalue weighted by Gasteiger charge is 2.66. The lowest BCUT2D eigenvalue weighted by Crippen LogP contribution is -2.61. The van der Waals surface area contributed by atoms with Gasteiger partial charge in [-0.3, -0.25) is 0 Å². The summed E-state index contributed by atoms with van der Waals surface area (Å²) in [6.45, 7) is 16.2. The Bertz CT molecular complexity index is 1960. The average molecular weight is 723 g/mol. The van der Waals surface area contributed by atoms with Crippen molar-refractivity contribution in [1.29, 1.82) is 0 Å². The standard InChI is InChI=1S/C45H54O8/c1-40(2)33-18-21-45(7)34(43(33,5)20-19-35(40)52-38(50)29-14-10-8-12-27(29)36(46)47)17-16-31-32-26-42(4,24-22-41(32,3)23-25-44(31,45)6)53-39(51)30-15-11-9-13-28(30)37(48)49/h8-17,32-33,35H,18-26H2,1-7H3,(H,46,47)(H,48,49)/t32?,33?,35-,41-,42?,43-,44+,45+/m0/s1. The summed E-state index contributed by atoms with van der Waals surface area (Å²) in [7, 11) is 0. The maximum absolute atomic E-state index is 13.5. The monoisotopic (exact) mass is 722 g/mol. The Balaban J connectivity index is 1.17. The fourth-order valence-electron chi connectivity index (χ4n) is 12.1. The lowest BCUT2D eigenvalue weighted by Gasteiger charge is -2.68. The van der Waals surface area contributed by atoms with Crippen LogP contribution in [-0.2, 0) is 9.47 Å². The number of fused-ring (bicyclic) bond motifs is 7. The number of rotatable bonds is 6. The molecule has 7 rings (SSSR count). The summed E-state index contributed by atoms with van der Waals surface area (Å²) in [4.78, 5) is 50.7. The van der Waals surface area contributed by atoms with Gasteiger partial charge in [-0.1, -0.05) is 89.1 Å². The van der Waals surface area contributed by atoms with E-state index in [9.17, 15) is 29.4 Å². The van der Waals surface area contributed by atoms with Crippen LogP contribution in [0.1, 0.15) is 148 Å². The van der Waals surface area contributed by atoms with Crippen molar-refractivity contribution in [3.63, 3.8) is 0 Å². The van der Waals surface area contributed by atoms with Gasteiger partial charge in [0.1, 0.15) is 11.7 Å². The maximum atomic E-state index is 13.5. The van der Waals surface area contributed by atoms with E-state index in [2.05, 4.69) is 53.7 Å². The minimum absolute atomic E-state index is 0.0453. The number of allylic oxidation sites excluding steroid dienone is 4. The molecule has 5 aliphatic carbocycles. The van der Waals surface area contributed by atoms with E-state index >= 15 is 0 Å². The minimum Gasteiger partial charge on any atom is -0.478 e. The van der Waals surface area contributed by atoms with Gasteiger partial charge in [0.15, 0.2) is 0 Å². The molecule has 0 saturated heterocycles. The number of hydrogen-bond donors (Lipinski definition) is 2. The zero-order chi connectivity index (χ0) is 38.4. The van der Waals surface area contributed by atoms with Crippen molar-refractivity contribution in [3.8, 4) is 0 Å². The second-order valence-corrected chi connectivity index (χ2v) is 18.6. The van der Waals surface area contributed by atoms with Crippen molar-refractivity contribution in [2.75, 3.05) is 0 Å². The van der Waals surface area contributed by atoms with Gasteiger partial charge < -0.3 is 19.7 Å². The summed E-state index contributed by atoms with van der Waals surface area (Å²) in [6, 6.07) is 12.5. The lowest BCUT2D eigenvalue weighted by molar-refractivity contribution is -0.132. The largest absolute Gasteiger partial charge is 0.478 e. The van der Waals surface area contributed by atoms with Crippen LogP contribution in [0.25, 0.3) is 0 Å². The van der Waals surface area contributed by atoms with E-state index in [0.29, 0.717) is 12.8 Å². The zero-order valence-corrected chi connectivity index (χ0v) is 32.2. The fraction of sp³-hybridized carbons (Fsp3) is 0.556. The van der Waals surface area contributed by atoms with E-state index < -0.39 is 29.5 Å². The van der Waals surface area contributed by atoms with Crippen LogP contribution in [0.15, 0.2) is 71.8 Å². The van der Waals surface area contributed by atoms with Crippen molar-refractivity contribution < 1.29 is 38.9 Å². The Labute approximate surface area is 313 Å². The summed E-state index contributed by atoms with van der Waals surface area (Å²) in [6.07, 6.45) is 12.5. The molecule has 2 aromatic rings. The van der Waals surface area contributed by atoms with Crippen LogP contribution in [-0.4, -0.2) is 45.8 Å². The number of hydrogen-bond acceptors (Lipinski definition) is 6. The van der Waals surface area contributed by atoms with E-state index in [1.165, 1.54) is 35.4 Å². The van der Waals surface area contributed by atoms with Crippen molar-refractivity contribution in [3.05, 3.63) is 94.1 Å². The molecule has 8 atom stereocenters. The second kappa shape index (κ2) is 12.4. The zero-order valence-electron chi connectivity index (χ0n) is 32.2. The molecule has 0 bridgehead atoms. The first-order valence-electron chi connectivity index (χ1n) is 19.3. The van der Waals surface area contributed by atoms with Gasteiger partial charge in [-0.15, -0.1) is 0 Å². The van der Waals surface area contributed by atoms with Crippen molar-refractivity contribution in [1.82, 2.24) is 0 Å². The van der Waals surface area contributed by atoms with Crippen LogP contribution in [0.5, 0.6) is 0 Å². The number of benzene rings is 2. The van der Waals surface area contributed by atoms with Crippen LogP contribution in [0.3, 0.4) is 0 Å². The first-order valence-corrected chi connectivity index (χ1v) is 19.3. The number of carboxylic acid groups (broad SMARTS) is 2. The molecule has 4 saturated carbocycles. The molecule has 5 aliphatic rings. The molecule has 2 N–H and O–H groups in total. The van der Waals surface area contributed by atoms with E-state index in [-0.39, 0.29) is 67.3 Å². The molecule has 8 heteroatoms. The third-order valence-electron chi connectivity index (χ3n) is 15.5. The topological polar surface area (TPSA) is 127 Å². The van der Waals surface area contributed by atoms with E-state index in [4.69, 9.17) is 9.47 Å². The smallest absolute Gasteiger partial charge is 0.339 e. The number of aromatic carboxylic acids is 2. The third-order valence-corrected chi connectivity index (χ3v) is 15.5. The molecule has 0 heterocycles. The molecule has 8 nitrogen and oxygen atoms in total. The summed E-state index contributed by atoms with van der Waals surface area (Å²) in [5, 5.41) is 19.4. The summed E-state index contributed by atoms with van der Waals surface area (Å²) >= 11 is 0. The van der Waals surface area contributed by atoms with Gasteiger partial charge in [0, 0.05) is 5.41 Å². The predicted octanol–water partition coefficient (Wildman–Crippen LogP) is 9.94. The number of carbonyl (C=O) groups is 4. The van der Waals surface area contributed by atoms with Crippen molar-refractivity contribution in [2.24, 2.45) is 38.9 Å². The van der Waals surface area contributed by atoms with Gasteiger partial charge in [-0.2, -0.15) is 0 Å². The summed E-state index contributed by atoms with van der Waals surface area (Å²) < 4.78 is 12.5. The molecule has 3 unspecified atom stereocenters. The van der Waals surface area contributed by atoms with Crippen LogP contribution in [0.2, 0.25) is 0 Å². The molecule has 53 heavy (non-hydrogen) atoms. The molecular formula is C45H54O8. The highest BCUT2D eigenvalue weighted by Crippen LogP contribution is 2.74. The second-order valence-electron chi connectivity index (χ2n) is 18.6. The molecule has 2 aromatic carbocycles. The van der Waals surface area contributed by atoms with Crippen molar-refractivity contribution >= 4 is 23.9 Å². The molecule has 4 fully saturated rings. The third kappa shape index (κ3) is 5.60. The molecular weight excluding hydrogens is 668 g/mol. The summed E-state index contributed by atoms with van der Waals surface area (Å²) in [5.41, 5.74) is 1.72. The quantitative estimate of drug-likeness (QED) is 0.282. The lowest BCUT2D eigenvalue weighted by atomic mass is 9.36. The Morgan fingerprint density at radius 2 is 1.21 bits per heavy atom. The Kier molecular flexibility index (Phi) is 8.70. The van der Waals surface area contributed by atoms with Crippen molar-refractivity contribution in [2.45, 2.75) is 118 Å². The first-order chi connectivity index (χ1) is 24.8. The first kappa shape index (κ1) is 37.1. The fourth-order valence-corrected chi connectivity index (χ4v) is 12.1. The SMILES string of the molecule is CC1(OC(=O)c2ccccc2C(=O)O)CC[C@@]2(C)CC[C@]3(C)C(=CC=C4[C@@]5(C)CC[C@H](OC(=O)c6ccccc6C(=O)O)C(C)(C)C5CC[C@]43C)C2C1. The minimum atomic E-state index is -1.15. The highest BCUT2D eigenvalue weighted by atomic mass is 16.6. The average Bonchev–Trinajstić information content (AvgIpc) is 3.10. The normalized spacial score (nSPS) is 36.9. The van der Waals surface area contributed by atoms with Gasteiger partial charge in [-0.25, -0.2) is 19.2 Å². The number of carboxylic acids is 2.